The number of thioether (sulfide) groups is 1. The zero-order valence-electron chi connectivity index (χ0n) is 10.9. The molecule has 20 heavy (non-hydrogen) atoms. The average molecular weight is 286 g/mol. The number of fused-ring (bicyclic) bond motifs is 1. The van der Waals surface area contributed by atoms with E-state index in [0.717, 1.165) is 21.2 Å². The summed E-state index contributed by atoms with van der Waals surface area (Å²) < 4.78 is 0. The number of hydrogen-bond acceptors (Lipinski definition) is 4. The number of hydrogen-bond donors (Lipinski definition) is 2. The van der Waals surface area contributed by atoms with E-state index >= 15 is 0 Å². The summed E-state index contributed by atoms with van der Waals surface area (Å²) in [5, 5.41) is 14.0. The lowest BCUT2D eigenvalue weighted by molar-refractivity contribution is -0.0851. The van der Waals surface area contributed by atoms with Crippen molar-refractivity contribution >= 4 is 23.4 Å². The third-order valence-corrected chi connectivity index (χ3v) is 4.08. The molecule has 5 heteroatoms. The van der Waals surface area contributed by atoms with E-state index in [1.807, 2.05) is 42.7 Å². The Labute approximate surface area is 121 Å². The molecule has 4 nitrogen and oxygen atoms in total. The average Bonchev–Trinajstić information content (AvgIpc) is 2.51. The van der Waals surface area contributed by atoms with Gasteiger partial charge in [0.2, 0.25) is 0 Å². The van der Waals surface area contributed by atoms with Crippen LogP contribution in [0.25, 0.3) is 0 Å². The van der Waals surface area contributed by atoms with Crippen LogP contribution in [-0.4, -0.2) is 22.4 Å². The van der Waals surface area contributed by atoms with Crippen LogP contribution in [0.5, 0.6) is 0 Å². The van der Waals surface area contributed by atoms with Crippen molar-refractivity contribution in [2.75, 3.05) is 11.6 Å². The molecule has 1 heterocycles. The standard InChI is InChI=1S/C15H14N2O2S/c1-20-11-8-6-10(7-9-11)14-16-13-5-3-2-4-12(13)15(18)17(14)19/h2-9,14,16,19H,1H3/t14-/m0/s1. The van der Waals surface area contributed by atoms with E-state index in [0.29, 0.717) is 5.56 Å². The van der Waals surface area contributed by atoms with Crippen LogP contribution in [0.15, 0.2) is 53.4 Å². The second-order valence-corrected chi connectivity index (χ2v) is 5.39. The summed E-state index contributed by atoms with van der Waals surface area (Å²) in [5.74, 6) is -0.390. The molecule has 0 aromatic heterocycles. The van der Waals surface area contributed by atoms with Crippen molar-refractivity contribution in [1.29, 1.82) is 0 Å². The summed E-state index contributed by atoms with van der Waals surface area (Å²) in [4.78, 5) is 13.3. The summed E-state index contributed by atoms with van der Waals surface area (Å²) in [6.07, 6.45) is 1.44. The molecule has 0 unspecified atom stereocenters. The first-order valence-corrected chi connectivity index (χ1v) is 7.45. The van der Waals surface area contributed by atoms with Gasteiger partial charge < -0.3 is 5.32 Å². The molecule has 0 radical (unpaired) electrons. The van der Waals surface area contributed by atoms with E-state index in [1.54, 1.807) is 23.9 Å². The Kier molecular flexibility index (Phi) is 3.38. The van der Waals surface area contributed by atoms with E-state index in [9.17, 15) is 10.0 Å². The maximum absolute atomic E-state index is 12.2. The molecule has 0 aliphatic carbocycles. The number of hydroxylamine groups is 2. The smallest absolute Gasteiger partial charge is 0.281 e. The van der Waals surface area contributed by atoms with Gasteiger partial charge in [0.25, 0.3) is 5.91 Å². The Morgan fingerprint density at radius 1 is 1.15 bits per heavy atom. The second-order valence-electron chi connectivity index (χ2n) is 4.52. The van der Waals surface area contributed by atoms with Crippen LogP contribution in [0.1, 0.15) is 22.1 Å². The van der Waals surface area contributed by atoms with Gasteiger partial charge in [-0.1, -0.05) is 24.3 Å². The lowest BCUT2D eigenvalue weighted by atomic mass is 10.1. The topological polar surface area (TPSA) is 52.6 Å². The summed E-state index contributed by atoms with van der Waals surface area (Å²) in [6.45, 7) is 0. The summed E-state index contributed by atoms with van der Waals surface area (Å²) in [6, 6.07) is 14.9. The minimum Gasteiger partial charge on any atom is -0.359 e. The van der Waals surface area contributed by atoms with Crippen LogP contribution in [0.4, 0.5) is 5.69 Å². The first-order valence-electron chi connectivity index (χ1n) is 6.22. The third-order valence-electron chi connectivity index (χ3n) is 3.33. The minimum absolute atomic E-state index is 0.390. The van der Waals surface area contributed by atoms with Gasteiger partial charge in [0.1, 0.15) is 0 Å². The number of nitrogens with one attached hydrogen (secondary N) is 1. The second kappa shape index (κ2) is 5.19. The maximum atomic E-state index is 12.2. The SMILES string of the molecule is CSc1ccc([C@H]2Nc3ccccc3C(=O)N2O)cc1. The number of amides is 1. The number of rotatable bonds is 2. The van der Waals surface area contributed by atoms with Crippen LogP contribution in [-0.2, 0) is 0 Å². The van der Waals surface area contributed by atoms with Crippen molar-refractivity contribution < 1.29 is 10.0 Å². The van der Waals surface area contributed by atoms with Gasteiger partial charge in [0, 0.05) is 10.6 Å². The Morgan fingerprint density at radius 2 is 1.85 bits per heavy atom. The molecule has 0 saturated heterocycles. The molecular weight excluding hydrogens is 272 g/mol. The maximum Gasteiger partial charge on any atom is 0.281 e. The predicted octanol–water partition coefficient (Wildman–Crippen LogP) is 3.36. The highest BCUT2D eigenvalue weighted by Crippen LogP contribution is 2.32. The van der Waals surface area contributed by atoms with Gasteiger partial charge in [-0.05, 0) is 36.1 Å². The molecule has 1 aliphatic rings. The predicted molar refractivity (Wildman–Crippen MR) is 79.0 cm³/mol. The normalized spacial score (nSPS) is 17.6. The summed E-state index contributed by atoms with van der Waals surface area (Å²) >= 11 is 1.65. The van der Waals surface area contributed by atoms with E-state index < -0.39 is 12.1 Å². The van der Waals surface area contributed by atoms with Gasteiger partial charge in [-0.2, -0.15) is 5.06 Å². The van der Waals surface area contributed by atoms with Gasteiger partial charge >= 0.3 is 0 Å². The lowest BCUT2D eigenvalue weighted by Crippen LogP contribution is -2.40. The summed E-state index contributed by atoms with van der Waals surface area (Å²) in [5.41, 5.74) is 2.06. The Bertz CT molecular complexity index is 643. The highest BCUT2D eigenvalue weighted by atomic mass is 32.2. The van der Waals surface area contributed by atoms with E-state index in [2.05, 4.69) is 5.32 Å². The molecule has 0 fully saturated rings. The van der Waals surface area contributed by atoms with Crippen molar-refractivity contribution in [2.24, 2.45) is 0 Å². The molecule has 1 atom stereocenters. The Hall–Kier alpha value is -1.98. The third kappa shape index (κ3) is 2.15. The van der Waals surface area contributed by atoms with Crippen LogP contribution < -0.4 is 5.32 Å². The van der Waals surface area contributed by atoms with Gasteiger partial charge in [-0.25, -0.2) is 0 Å². The zero-order valence-corrected chi connectivity index (χ0v) is 11.7. The van der Waals surface area contributed by atoms with Crippen LogP contribution in [0.3, 0.4) is 0 Å². The molecule has 2 N–H and O–H groups in total. The fourth-order valence-electron chi connectivity index (χ4n) is 2.26. The van der Waals surface area contributed by atoms with E-state index in [1.165, 1.54) is 0 Å². The molecule has 1 amide bonds. The Morgan fingerprint density at radius 3 is 2.55 bits per heavy atom. The number of benzene rings is 2. The molecule has 0 saturated carbocycles. The Balaban J connectivity index is 1.97. The van der Waals surface area contributed by atoms with Crippen LogP contribution in [0, 0.1) is 0 Å². The highest BCUT2D eigenvalue weighted by Gasteiger charge is 2.31. The van der Waals surface area contributed by atoms with Crippen LogP contribution >= 0.6 is 11.8 Å². The number of carbonyl (C=O) groups excluding carboxylic acids is 1. The van der Waals surface area contributed by atoms with Gasteiger partial charge in [-0.3, -0.25) is 10.0 Å². The molecule has 1 aliphatic heterocycles. The number of nitrogens with zero attached hydrogens (tertiary/aromatic N) is 1. The lowest BCUT2D eigenvalue weighted by Gasteiger charge is -2.33. The largest absolute Gasteiger partial charge is 0.359 e. The van der Waals surface area contributed by atoms with Crippen molar-refractivity contribution in [1.82, 2.24) is 5.06 Å². The first kappa shape index (κ1) is 13.0. The quantitative estimate of drug-likeness (QED) is 0.656. The van der Waals surface area contributed by atoms with Gasteiger partial charge in [-0.15, -0.1) is 11.8 Å². The number of para-hydroxylation sites is 1. The van der Waals surface area contributed by atoms with E-state index in [-0.39, 0.29) is 0 Å². The fraction of sp³-hybridized carbons (Fsp3) is 0.133. The highest BCUT2D eigenvalue weighted by molar-refractivity contribution is 7.98. The first-order chi connectivity index (χ1) is 9.70. The fourth-order valence-corrected chi connectivity index (χ4v) is 2.66. The molecule has 0 spiro atoms. The number of carbonyl (C=O) groups is 1. The van der Waals surface area contributed by atoms with Crippen molar-refractivity contribution in [3.63, 3.8) is 0 Å². The monoisotopic (exact) mass is 286 g/mol. The molecule has 0 bridgehead atoms. The molecule has 2 aromatic carbocycles. The number of anilines is 1. The van der Waals surface area contributed by atoms with Crippen molar-refractivity contribution in [3.05, 3.63) is 59.7 Å². The van der Waals surface area contributed by atoms with Crippen molar-refractivity contribution in [3.8, 4) is 0 Å². The molecule has 3 rings (SSSR count). The zero-order chi connectivity index (χ0) is 14.1. The summed E-state index contributed by atoms with van der Waals surface area (Å²) in [7, 11) is 0. The molecule has 2 aromatic rings. The van der Waals surface area contributed by atoms with Gasteiger partial charge in [0.05, 0.1) is 5.56 Å². The minimum atomic E-state index is -0.562. The van der Waals surface area contributed by atoms with Gasteiger partial charge in [0.15, 0.2) is 6.17 Å². The van der Waals surface area contributed by atoms with Crippen molar-refractivity contribution in [2.45, 2.75) is 11.1 Å². The molecule has 102 valence electrons. The van der Waals surface area contributed by atoms with E-state index in [4.69, 9.17) is 0 Å². The molecular formula is C15H14N2O2S. The van der Waals surface area contributed by atoms with Crippen LogP contribution in [0.2, 0.25) is 0 Å².